The summed E-state index contributed by atoms with van der Waals surface area (Å²) in [5, 5.41) is 7.76. The number of benzene rings is 1. The Morgan fingerprint density at radius 3 is 2.62 bits per heavy atom. The fraction of sp³-hybridized carbons (Fsp3) is 0.211. The average Bonchev–Trinajstić information content (AvgIpc) is 3.38. The van der Waals surface area contributed by atoms with E-state index in [4.69, 9.17) is 18.5 Å². The number of hydrogen-bond donors (Lipinski definition) is 0. The second-order valence-electron chi connectivity index (χ2n) is 6.08. The molecule has 0 atom stereocenters. The lowest BCUT2D eigenvalue weighted by Gasteiger charge is -2.09. The molecule has 0 aliphatic rings. The molecule has 3 heterocycles. The van der Waals surface area contributed by atoms with E-state index in [2.05, 4.69) is 20.3 Å². The molecule has 3 aromatic heterocycles. The molecule has 0 aliphatic heterocycles. The van der Waals surface area contributed by atoms with Gasteiger partial charge in [0.2, 0.25) is 11.7 Å². The number of ether oxygens (including phenoxy) is 2. The highest BCUT2D eigenvalue weighted by atomic mass is 16.5. The van der Waals surface area contributed by atoms with Crippen LogP contribution in [0.15, 0.2) is 50.4 Å². The summed E-state index contributed by atoms with van der Waals surface area (Å²) >= 11 is 0. The molecule has 0 saturated carbocycles. The molecule has 10 nitrogen and oxygen atoms in total. The van der Waals surface area contributed by atoms with Crippen molar-refractivity contribution in [1.29, 1.82) is 0 Å². The van der Waals surface area contributed by atoms with Crippen LogP contribution in [0.1, 0.15) is 11.7 Å². The Kier molecular flexibility index (Phi) is 4.82. The minimum atomic E-state index is -0.233. The number of rotatable bonds is 6. The number of hydrogen-bond acceptors (Lipinski definition) is 9. The molecule has 0 aliphatic carbocycles. The number of methoxy groups -OCH3 is 2. The maximum atomic E-state index is 12.2. The second kappa shape index (κ2) is 7.58. The molecular formula is C19H17N5O5. The molecule has 0 unspecified atom stereocenters. The Labute approximate surface area is 164 Å². The van der Waals surface area contributed by atoms with Crippen molar-refractivity contribution in [3.8, 4) is 34.3 Å². The molecule has 29 heavy (non-hydrogen) atoms. The van der Waals surface area contributed by atoms with Gasteiger partial charge < -0.3 is 23.1 Å². The molecule has 0 radical (unpaired) electrons. The maximum Gasteiger partial charge on any atom is 0.259 e. The number of aryl methyl sites for hydroxylation is 1. The third kappa shape index (κ3) is 3.59. The summed E-state index contributed by atoms with van der Waals surface area (Å²) in [5.74, 6) is 2.46. The number of nitrogens with zero attached hydrogens (tertiary/aromatic N) is 5. The van der Waals surface area contributed by atoms with Crippen molar-refractivity contribution in [3.63, 3.8) is 0 Å². The topological polar surface area (TPSA) is 118 Å². The molecule has 0 N–H and O–H groups in total. The molecule has 10 heteroatoms. The van der Waals surface area contributed by atoms with Gasteiger partial charge in [0.25, 0.3) is 11.4 Å². The van der Waals surface area contributed by atoms with Crippen LogP contribution in [-0.4, -0.2) is 39.1 Å². The van der Waals surface area contributed by atoms with Gasteiger partial charge in [0, 0.05) is 12.3 Å². The van der Waals surface area contributed by atoms with Crippen molar-refractivity contribution in [2.24, 2.45) is 0 Å². The van der Waals surface area contributed by atoms with Gasteiger partial charge in [0.15, 0.2) is 17.3 Å². The highest BCUT2D eigenvalue weighted by Crippen LogP contribution is 2.36. The largest absolute Gasteiger partial charge is 0.493 e. The van der Waals surface area contributed by atoms with Crippen molar-refractivity contribution < 1.29 is 18.5 Å². The summed E-state index contributed by atoms with van der Waals surface area (Å²) in [4.78, 5) is 20.8. The summed E-state index contributed by atoms with van der Waals surface area (Å²) in [6.45, 7) is 1.80. The molecule has 0 fully saturated rings. The van der Waals surface area contributed by atoms with Crippen molar-refractivity contribution in [1.82, 2.24) is 24.8 Å². The van der Waals surface area contributed by atoms with E-state index >= 15 is 0 Å². The fourth-order valence-electron chi connectivity index (χ4n) is 2.83. The lowest BCUT2D eigenvalue weighted by Crippen LogP contribution is -2.19. The SMILES string of the molecule is COc1cccc(-c2noc(Cn3cc(-c4nc(C)no4)ccc3=O)n2)c1OC. The van der Waals surface area contributed by atoms with Crippen LogP contribution in [0.3, 0.4) is 0 Å². The van der Waals surface area contributed by atoms with Crippen LogP contribution in [0.25, 0.3) is 22.8 Å². The normalized spacial score (nSPS) is 10.9. The van der Waals surface area contributed by atoms with Crippen LogP contribution in [0, 0.1) is 6.92 Å². The average molecular weight is 395 g/mol. The molecule has 4 rings (SSSR count). The van der Waals surface area contributed by atoms with Crippen LogP contribution in [0.4, 0.5) is 0 Å². The first kappa shape index (κ1) is 18.4. The number of aromatic nitrogens is 5. The molecule has 0 amide bonds. The zero-order valence-electron chi connectivity index (χ0n) is 15.9. The van der Waals surface area contributed by atoms with E-state index in [0.717, 1.165) is 0 Å². The Morgan fingerprint density at radius 2 is 1.90 bits per heavy atom. The fourth-order valence-corrected chi connectivity index (χ4v) is 2.83. The zero-order chi connectivity index (χ0) is 20.4. The van der Waals surface area contributed by atoms with E-state index in [9.17, 15) is 4.79 Å². The van der Waals surface area contributed by atoms with Crippen molar-refractivity contribution in [3.05, 3.63) is 58.6 Å². The van der Waals surface area contributed by atoms with Gasteiger partial charge in [-0.15, -0.1) is 0 Å². The van der Waals surface area contributed by atoms with E-state index in [1.54, 1.807) is 44.5 Å². The van der Waals surface area contributed by atoms with Gasteiger partial charge in [-0.05, 0) is 25.1 Å². The quantitative estimate of drug-likeness (QED) is 0.484. The molecule has 0 spiro atoms. The number of pyridine rings is 1. The van der Waals surface area contributed by atoms with E-state index < -0.39 is 0 Å². The zero-order valence-corrected chi connectivity index (χ0v) is 15.9. The van der Waals surface area contributed by atoms with E-state index in [-0.39, 0.29) is 18.0 Å². The van der Waals surface area contributed by atoms with Crippen LogP contribution < -0.4 is 15.0 Å². The first-order valence-electron chi connectivity index (χ1n) is 8.64. The Balaban J connectivity index is 1.65. The van der Waals surface area contributed by atoms with Gasteiger partial charge >= 0.3 is 0 Å². The second-order valence-corrected chi connectivity index (χ2v) is 6.08. The Hall–Kier alpha value is -3.95. The predicted molar refractivity (Wildman–Crippen MR) is 101 cm³/mol. The lowest BCUT2D eigenvalue weighted by molar-refractivity contribution is 0.354. The number of para-hydroxylation sites is 1. The lowest BCUT2D eigenvalue weighted by atomic mass is 10.1. The highest BCUT2D eigenvalue weighted by molar-refractivity contribution is 5.68. The molecule has 1 aromatic carbocycles. The summed E-state index contributed by atoms with van der Waals surface area (Å²) in [6, 6.07) is 8.39. The summed E-state index contributed by atoms with van der Waals surface area (Å²) < 4.78 is 22.6. The first-order valence-corrected chi connectivity index (χ1v) is 8.64. The van der Waals surface area contributed by atoms with E-state index in [0.29, 0.717) is 40.2 Å². The van der Waals surface area contributed by atoms with Crippen LogP contribution in [0.2, 0.25) is 0 Å². The Bertz CT molecular complexity index is 1210. The van der Waals surface area contributed by atoms with Crippen molar-refractivity contribution in [2.75, 3.05) is 14.2 Å². The van der Waals surface area contributed by atoms with Gasteiger partial charge in [0.05, 0.1) is 25.3 Å². The smallest absolute Gasteiger partial charge is 0.259 e. The van der Waals surface area contributed by atoms with Gasteiger partial charge in [-0.25, -0.2) is 0 Å². The third-order valence-electron chi connectivity index (χ3n) is 4.18. The van der Waals surface area contributed by atoms with Crippen LogP contribution in [-0.2, 0) is 6.54 Å². The van der Waals surface area contributed by atoms with E-state index in [1.165, 1.54) is 17.7 Å². The van der Waals surface area contributed by atoms with Crippen molar-refractivity contribution >= 4 is 0 Å². The summed E-state index contributed by atoms with van der Waals surface area (Å²) in [7, 11) is 3.08. The predicted octanol–water partition coefficient (Wildman–Crippen LogP) is 2.32. The minimum Gasteiger partial charge on any atom is -0.493 e. The molecule has 0 saturated heterocycles. The molecule has 0 bridgehead atoms. The summed E-state index contributed by atoms with van der Waals surface area (Å²) in [6.07, 6.45) is 1.60. The molecule has 148 valence electrons. The summed E-state index contributed by atoms with van der Waals surface area (Å²) in [5.41, 5.74) is 0.993. The third-order valence-corrected chi connectivity index (χ3v) is 4.18. The van der Waals surface area contributed by atoms with Gasteiger partial charge in [-0.1, -0.05) is 16.4 Å². The Morgan fingerprint density at radius 1 is 1.03 bits per heavy atom. The van der Waals surface area contributed by atoms with Crippen LogP contribution in [0.5, 0.6) is 11.5 Å². The maximum absolute atomic E-state index is 12.2. The van der Waals surface area contributed by atoms with Gasteiger partial charge in [-0.3, -0.25) is 4.79 Å². The first-order chi connectivity index (χ1) is 14.1. The highest BCUT2D eigenvalue weighted by Gasteiger charge is 2.17. The molecule has 4 aromatic rings. The minimum absolute atomic E-state index is 0.0824. The standard InChI is InChI=1S/C19H17N5O5/c1-11-20-19(29-22-11)12-7-8-16(25)24(9-12)10-15-21-18(23-28-15)13-5-4-6-14(26-2)17(13)27-3/h4-9H,10H2,1-3H3. The molecular weight excluding hydrogens is 378 g/mol. The van der Waals surface area contributed by atoms with E-state index in [1.807, 2.05) is 0 Å². The van der Waals surface area contributed by atoms with Crippen LogP contribution >= 0.6 is 0 Å². The van der Waals surface area contributed by atoms with Gasteiger partial charge in [-0.2, -0.15) is 9.97 Å². The van der Waals surface area contributed by atoms with Crippen molar-refractivity contribution in [2.45, 2.75) is 13.5 Å². The van der Waals surface area contributed by atoms with Gasteiger partial charge in [0.1, 0.15) is 6.54 Å². The monoisotopic (exact) mass is 395 g/mol.